The molecule has 0 fully saturated rings. The zero-order chi connectivity index (χ0) is 21.1. The summed E-state index contributed by atoms with van der Waals surface area (Å²) in [5.41, 5.74) is 7.59. The molecule has 152 valence electrons. The van der Waals surface area contributed by atoms with Gasteiger partial charge in [0.2, 0.25) is 0 Å². The number of amides is 2. The summed E-state index contributed by atoms with van der Waals surface area (Å²) >= 11 is 1.48. The number of ether oxygens (including phenoxy) is 1. The molecule has 8 heteroatoms. The molecule has 0 unspecified atom stereocenters. The Morgan fingerprint density at radius 3 is 2.57 bits per heavy atom. The minimum absolute atomic E-state index is 0.0692. The van der Waals surface area contributed by atoms with Gasteiger partial charge in [-0.1, -0.05) is 18.2 Å². The van der Waals surface area contributed by atoms with Crippen molar-refractivity contribution in [2.75, 3.05) is 6.61 Å². The Bertz CT molecular complexity index is 1170. The van der Waals surface area contributed by atoms with Gasteiger partial charge >= 0.3 is 5.91 Å². The molecule has 0 radical (unpaired) electrons. The normalized spacial score (nSPS) is 10.7. The lowest BCUT2D eigenvalue weighted by Gasteiger charge is -2.09. The molecule has 4 rings (SSSR count). The number of hydrogen-bond donors (Lipinski definition) is 2. The molecule has 4 aromatic rings. The summed E-state index contributed by atoms with van der Waals surface area (Å²) in [6.45, 7) is 3.68. The van der Waals surface area contributed by atoms with Gasteiger partial charge in [0, 0.05) is 0 Å². The molecule has 2 amide bonds. The number of thiazole rings is 1. The van der Waals surface area contributed by atoms with Gasteiger partial charge < -0.3 is 9.15 Å². The first kappa shape index (κ1) is 19.7. The molecule has 0 saturated heterocycles. The van der Waals surface area contributed by atoms with E-state index in [0.29, 0.717) is 16.5 Å². The molecular weight excluding hydrogens is 402 g/mol. The van der Waals surface area contributed by atoms with Crippen LogP contribution in [0.2, 0.25) is 0 Å². The summed E-state index contributed by atoms with van der Waals surface area (Å²) in [6, 6.07) is 16.7. The van der Waals surface area contributed by atoms with Gasteiger partial charge in [-0.05, 0) is 61.4 Å². The van der Waals surface area contributed by atoms with Crippen LogP contribution in [-0.2, 0) is 4.79 Å². The van der Waals surface area contributed by atoms with Crippen molar-refractivity contribution >= 4 is 33.4 Å². The number of benzene rings is 2. The minimum atomic E-state index is -0.567. The second-order valence-electron chi connectivity index (χ2n) is 6.77. The maximum atomic E-state index is 12.3. The van der Waals surface area contributed by atoms with E-state index in [1.807, 2.05) is 56.3 Å². The van der Waals surface area contributed by atoms with Crippen LogP contribution in [0, 0.1) is 13.8 Å². The highest BCUT2D eigenvalue weighted by atomic mass is 32.1. The van der Waals surface area contributed by atoms with Gasteiger partial charge in [-0.15, -0.1) is 11.3 Å². The SMILES string of the molecule is Cc1cc(C)cc(OCC(=O)NNC(=O)c2ccc(-c3nc4ccccc4s3)o2)c1. The Hall–Kier alpha value is -3.65. The monoisotopic (exact) mass is 421 g/mol. The largest absolute Gasteiger partial charge is 0.484 e. The van der Waals surface area contributed by atoms with Gasteiger partial charge in [0.15, 0.2) is 23.1 Å². The van der Waals surface area contributed by atoms with Gasteiger partial charge in [0.25, 0.3) is 5.91 Å². The molecule has 2 aromatic carbocycles. The van der Waals surface area contributed by atoms with E-state index in [1.165, 1.54) is 17.4 Å². The highest BCUT2D eigenvalue weighted by Gasteiger charge is 2.15. The van der Waals surface area contributed by atoms with E-state index in [0.717, 1.165) is 21.3 Å². The van der Waals surface area contributed by atoms with Crippen LogP contribution >= 0.6 is 11.3 Å². The zero-order valence-electron chi connectivity index (χ0n) is 16.4. The minimum Gasteiger partial charge on any atom is -0.484 e. The molecule has 2 heterocycles. The first-order valence-corrected chi connectivity index (χ1v) is 10.1. The van der Waals surface area contributed by atoms with Crippen molar-refractivity contribution in [2.45, 2.75) is 13.8 Å². The fourth-order valence-corrected chi connectivity index (χ4v) is 3.87. The molecule has 0 spiro atoms. The average molecular weight is 421 g/mol. The number of rotatable bonds is 5. The molecule has 0 saturated carbocycles. The number of hydrogen-bond acceptors (Lipinski definition) is 6. The predicted molar refractivity (Wildman–Crippen MR) is 114 cm³/mol. The molecule has 0 bridgehead atoms. The topological polar surface area (TPSA) is 93.5 Å². The molecule has 2 aromatic heterocycles. The Labute approximate surface area is 176 Å². The van der Waals surface area contributed by atoms with Gasteiger partial charge in [-0.3, -0.25) is 20.4 Å². The summed E-state index contributed by atoms with van der Waals surface area (Å²) in [6.07, 6.45) is 0. The van der Waals surface area contributed by atoms with E-state index in [1.54, 1.807) is 6.07 Å². The van der Waals surface area contributed by atoms with Gasteiger partial charge in [0.1, 0.15) is 5.75 Å². The van der Waals surface area contributed by atoms with Crippen LogP contribution in [0.5, 0.6) is 5.75 Å². The van der Waals surface area contributed by atoms with Crippen LogP contribution in [0.3, 0.4) is 0 Å². The van der Waals surface area contributed by atoms with Crippen molar-refractivity contribution in [3.63, 3.8) is 0 Å². The number of hydrazine groups is 1. The molecule has 0 aliphatic rings. The van der Waals surface area contributed by atoms with Gasteiger partial charge in [-0.2, -0.15) is 0 Å². The third-order valence-corrected chi connectivity index (χ3v) is 5.27. The number of carbonyl (C=O) groups is 2. The van der Waals surface area contributed by atoms with Crippen molar-refractivity contribution in [1.29, 1.82) is 0 Å². The number of fused-ring (bicyclic) bond motifs is 1. The average Bonchev–Trinajstić information content (AvgIpc) is 3.36. The third-order valence-electron chi connectivity index (χ3n) is 4.22. The van der Waals surface area contributed by atoms with E-state index in [-0.39, 0.29) is 12.4 Å². The maximum absolute atomic E-state index is 12.3. The highest BCUT2D eigenvalue weighted by Crippen LogP contribution is 2.31. The quantitative estimate of drug-likeness (QED) is 0.475. The summed E-state index contributed by atoms with van der Waals surface area (Å²) in [5, 5.41) is 0.682. The van der Waals surface area contributed by atoms with Crippen LogP contribution in [0.1, 0.15) is 21.7 Å². The highest BCUT2D eigenvalue weighted by molar-refractivity contribution is 7.21. The number of carbonyl (C=O) groups excluding carboxylic acids is 2. The molecule has 0 atom stereocenters. The van der Waals surface area contributed by atoms with Crippen LogP contribution in [0.25, 0.3) is 21.0 Å². The maximum Gasteiger partial charge on any atom is 0.305 e. The number of nitrogens with zero attached hydrogens (tertiary/aromatic N) is 1. The smallest absolute Gasteiger partial charge is 0.305 e. The number of aryl methyl sites for hydroxylation is 2. The van der Waals surface area contributed by atoms with Crippen molar-refractivity contribution in [3.05, 3.63) is 71.5 Å². The Morgan fingerprint density at radius 2 is 1.80 bits per heavy atom. The molecular formula is C22H19N3O4S. The zero-order valence-corrected chi connectivity index (χ0v) is 17.2. The van der Waals surface area contributed by atoms with Crippen molar-refractivity contribution in [2.24, 2.45) is 0 Å². The number of nitrogens with one attached hydrogen (secondary N) is 2. The van der Waals surface area contributed by atoms with E-state index >= 15 is 0 Å². The standard InChI is InChI=1S/C22H19N3O4S/c1-13-9-14(2)11-15(10-13)28-12-20(26)24-25-21(27)17-7-8-18(29-17)22-23-16-5-3-4-6-19(16)30-22/h3-11H,12H2,1-2H3,(H,24,26)(H,25,27). The Kier molecular flexibility index (Phi) is 5.49. The summed E-state index contributed by atoms with van der Waals surface area (Å²) < 4.78 is 12.1. The van der Waals surface area contributed by atoms with Crippen LogP contribution < -0.4 is 15.6 Å². The Balaban J connectivity index is 1.32. The van der Waals surface area contributed by atoms with Crippen LogP contribution in [0.15, 0.2) is 59.0 Å². The molecule has 0 aliphatic carbocycles. The first-order valence-electron chi connectivity index (χ1n) is 9.24. The lowest BCUT2D eigenvalue weighted by molar-refractivity contribution is -0.123. The number of aromatic nitrogens is 1. The van der Waals surface area contributed by atoms with Crippen LogP contribution in [-0.4, -0.2) is 23.4 Å². The van der Waals surface area contributed by atoms with E-state index in [4.69, 9.17) is 9.15 Å². The Morgan fingerprint density at radius 1 is 1.03 bits per heavy atom. The molecule has 7 nitrogen and oxygen atoms in total. The lowest BCUT2D eigenvalue weighted by atomic mass is 10.1. The predicted octanol–water partition coefficient (Wildman–Crippen LogP) is 4.01. The molecule has 30 heavy (non-hydrogen) atoms. The van der Waals surface area contributed by atoms with E-state index < -0.39 is 11.8 Å². The lowest BCUT2D eigenvalue weighted by Crippen LogP contribution is -2.43. The second kappa shape index (κ2) is 8.38. The third kappa shape index (κ3) is 4.49. The van der Waals surface area contributed by atoms with Gasteiger partial charge in [-0.25, -0.2) is 4.98 Å². The van der Waals surface area contributed by atoms with Crippen LogP contribution in [0.4, 0.5) is 0 Å². The first-order chi connectivity index (χ1) is 14.5. The summed E-state index contributed by atoms with van der Waals surface area (Å²) in [5.74, 6) is 0.105. The van der Waals surface area contributed by atoms with Crippen molar-refractivity contribution in [1.82, 2.24) is 15.8 Å². The summed E-state index contributed by atoms with van der Waals surface area (Å²) in [4.78, 5) is 28.7. The molecule has 2 N–H and O–H groups in total. The fourth-order valence-electron chi connectivity index (χ4n) is 2.94. The van der Waals surface area contributed by atoms with E-state index in [2.05, 4.69) is 15.8 Å². The number of para-hydroxylation sites is 1. The van der Waals surface area contributed by atoms with E-state index in [9.17, 15) is 9.59 Å². The number of furan rings is 1. The van der Waals surface area contributed by atoms with Crippen molar-refractivity contribution < 1.29 is 18.7 Å². The second-order valence-corrected chi connectivity index (χ2v) is 7.80. The fraction of sp³-hybridized carbons (Fsp3) is 0.136. The molecule has 0 aliphatic heterocycles. The van der Waals surface area contributed by atoms with Crippen molar-refractivity contribution in [3.8, 4) is 16.5 Å². The van der Waals surface area contributed by atoms with Gasteiger partial charge in [0.05, 0.1) is 10.2 Å². The summed E-state index contributed by atoms with van der Waals surface area (Å²) in [7, 11) is 0.